The molecule has 10 unspecified atom stereocenters. The maximum Gasteiger partial charge on any atom is 0.251 e. The maximum absolute atomic E-state index is 14.5. The molecule has 0 heterocycles. The third-order valence-electron chi connectivity index (χ3n) is 15.4. The maximum atomic E-state index is 14.5. The van der Waals surface area contributed by atoms with E-state index in [0.29, 0.717) is 54.7 Å². The molecule has 0 aliphatic heterocycles. The number of alkyl halides is 1. The SMILES string of the molecule is C=C(C)C1CCC2(C(=O)NCCc3cccc(C(=O)NCCC[CH2-])c3)CCC3(I)C(CCC4C5(C)CCC(O)C(C)(C)C5CCC43C)C12.[Co]. The first-order chi connectivity index (χ1) is 22.7. The number of aliphatic hydroxyl groups excluding tert-OH is 1. The number of fused-ring (bicyclic) bond motifs is 7. The third kappa shape index (κ3) is 6.32. The molecule has 5 aliphatic carbocycles. The number of carbonyl (C=O) groups excluding carboxylic acids is 2. The minimum atomic E-state index is -0.333. The van der Waals surface area contributed by atoms with E-state index in [1.807, 2.05) is 18.2 Å². The van der Waals surface area contributed by atoms with E-state index in [0.717, 1.165) is 56.9 Å². The number of benzene rings is 1. The molecule has 1 radical (unpaired) electrons. The van der Waals surface area contributed by atoms with Crippen LogP contribution >= 0.6 is 22.6 Å². The first-order valence-corrected chi connectivity index (χ1v) is 20.2. The minimum Gasteiger partial charge on any atom is -0.393 e. The smallest absolute Gasteiger partial charge is 0.251 e. The number of halogens is 1. The summed E-state index contributed by atoms with van der Waals surface area (Å²) in [6.07, 6.45) is 13.2. The molecule has 10 atom stereocenters. The number of aliphatic hydroxyl groups is 1. The van der Waals surface area contributed by atoms with Crippen molar-refractivity contribution < 1.29 is 31.5 Å². The van der Waals surface area contributed by atoms with Gasteiger partial charge in [0.15, 0.2) is 0 Å². The van der Waals surface area contributed by atoms with Gasteiger partial charge >= 0.3 is 0 Å². The van der Waals surface area contributed by atoms with Gasteiger partial charge in [-0.3, -0.25) is 9.59 Å². The Morgan fingerprint density at radius 3 is 2.43 bits per heavy atom. The quantitative estimate of drug-likeness (QED) is 0.0766. The molecular formula is C42H62CoIN2O3-. The molecule has 0 spiro atoms. The first-order valence-electron chi connectivity index (χ1n) is 19.1. The zero-order valence-electron chi connectivity index (χ0n) is 30.8. The summed E-state index contributed by atoms with van der Waals surface area (Å²) in [4.78, 5) is 27.2. The second-order valence-corrected chi connectivity index (χ2v) is 19.8. The molecule has 7 heteroatoms. The van der Waals surface area contributed by atoms with Crippen LogP contribution in [0.25, 0.3) is 0 Å². The Morgan fingerprint density at radius 2 is 1.71 bits per heavy atom. The predicted molar refractivity (Wildman–Crippen MR) is 204 cm³/mol. The van der Waals surface area contributed by atoms with Crippen molar-refractivity contribution in [2.75, 3.05) is 13.1 Å². The molecular weight excluding hydrogens is 766 g/mol. The molecule has 0 bridgehead atoms. The summed E-state index contributed by atoms with van der Waals surface area (Å²) < 4.78 is 0.156. The average molecular weight is 829 g/mol. The van der Waals surface area contributed by atoms with Crippen LogP contribution in [0.3, 0.4) is 0 Å². The fraction of sp³-hybridized carbons (Fsp3) is 0.738. The topological polar surface area (TPSA) is 78.4 Å². The Kier molecular flexibility index (Phi) is 11.6. The number of carbonyl (C=O) groups is 2. The summed E-state index contributed by atoms with van der Waals surface area (Å²) in [6.45, 7) is 21.7. The number of nitrogens with one attached hydrogen (secondary N) is 2. The molecule has 0 saturated heterocycles. The standard InChI is InChI=1S/C42H62IN2O3.Co/c1-8-9-24-44-36(47)29-12-10-11-28(26-29)18-25-45-37(48)41-21-15-30(27(2)3)35(41)31-13-14-33-39(6)19-17-34(46)38(4,5)32(39)16-20-40(33,7)42(31,43)23-22-41;/h10-12,26,30-35,46H,1-2,8-9,13-25H2,3-7H3,(H,44,47)(H,45,48);/q-1;. The van der Waals surface area contributed by atoms with Crippen LogP contribution in [-0.2, 0) is 28.0 Å². The van der Waals surface area contributed by atoms with E-state index in [1.165, 1.54) is 31.3 Å². The van der Waals surface area contributed by atoms with Crippen LogP contribution in [0.1, 0.15) is 128 Å². The molecule has 3 N–H and O–H groups in total. The van der Waals surface area contributed by atoms with Crippen LogP contribution in [-0.4, -0.2) is 39.5 Å². The summed E-state index contributed by atoms with van der Waals surface area (Å²) in [5, 5.41) is 17.5. The van der Waals surface area contributed by atoms with Crippen molar-refractivity contribution in [1.29, 1.82) is 0 Å². The molecule has 1 aromatic rings. The van der Waals surface area contributed by atoms with Crippen molar-refractivity contribution in [3.63, 3.8) is 0 Å². The first kappa shape index (κ1) is 39.3. The van der Waals surface area contributed by atoms with Crippen molar-refractivity contribution in [2.45, 2.75) is 128 Å². The molecule has 0 aromatic heterocycles. The minimum absolute atomic E-state index is 0. The molecule has 6 rings (SSSR count). The summed E-state index contributed by atoms with van der Waals surface area (Å²) in [5.41, 5.74) is 3.10. The van der Waals surface area contributed by atoms with Gasteiger partial charge in [-0.2, -0.15) is 6.42 Å². The monoisotopic (exact) mass is 828 g/mol. The van der Waals surface area contributed by atoms with Crippen LogP contribution in [0.4, 0.5) is 0 Å². The summed E-state index contributed by atoms with van der Waals surface area (Å²) in [7, 11) is 0. The molecule has 5 saturated carbocycles. The summed E-state index contributed by atoms with van der Waals surface area (Å²) in [5.74, 6) is 2.64. The number of hydrogen-bond acceptors (Lipinski definition) is 3. The number of hydrogen-bond donors (Lipinski definition) is 3. The van der Waals surface area contributed by atoms with Gasteiger partial charge in [-0.1, -0.05) is 81.0 Å². The fourth-order valence-electron chi connectivity index (χ4n) is 12.9. The van der Waals surface area contributed by atoms with Gasteiger partial charge < -0.3 is 22.7 Å². The molecule has 275 valence electrons. The van der Waals surface area contributed by atoms with Gasteiger partial charge in [0.2, 0.25) is 5.91 Å². The molecule has 1 aromatic carbocycles. The Hall–Kier alpha value is -0.904. The van der Waals surface area contributed by atoms with Crippen LogP contribution in [0.5, 0.6) is 0 Å². The van der Waals surface area contributed by atoms with E-state index in [1.54, 1.807) is 0 Å². The van der Waals surface area contributed by atoms with Crippen molar-refractivity contribution in [3.05, 3.63) is 54.5 Å². The molecule has 5 fully saturated rings. The fourth-order valence-corrected chi connectivity index (χ4v) is 14.5. The molecule has 5 nitrogen and oxygen atoms in total. The van der Waals surface area contributed by atoms with Crippen LogP contribution in [0, 0.1) is 58.2 Å². The second-order valence-electron chi connectivity index (χ2n) is 17.8. The predicted octanol–water partition coefficient (Wildman–Crippen LogP) is 8.87. The van der Waals surface area contributed by atoms with Gasteiger partial charge in [0.05, 0.1) is 11.5 Å². The molecule has 2 amide bonds. The summed E-state index contributed by atoms with van der Waals surface area (Å²) >= 11 is 2.95. The van der Waals surface area contributed by atoms with Crippen LogP contribution < -0.4 is 10.6 Å². The second kappa shape index (κ2) is 14.5. The normalized spacial score (nSPS) is 40.4. The van der Waals surface area contributed by atoms with Crippen molar-refractivity contribution in [2.24, 2.45) is 51.2 Å². The van der Waals surface area contributed by atoms with E-state index >= 15 is 0 Å². The Labute approximate surface area is 321 Å². The van der Waals surface area contributed by atoms with Gasteiger partial charge in [-0.05, 0) is 141 Å². The number of amides is 2. The van der Waals surface area contributed by atoms with Crippen LogP contribution in [0.15, 0.2) is 36.4 Å². The van der Waals surface area contributed by atoms with Gasteiger partial charge in [-0.15, -0.1) is 0 Å². The average Bonchev–Trinajstić information content (AvgIpc) is 3.45. The Bertz CT molecular complexity index is 1420. The van der Waals surface area contributed by atoms with E-state index in [9.17, 15) is 14.7 Å². The van der Waals surface area contributed by atoms with E-state index in [4.69, 9.17) is 0 Å². The summed E-state index contributed by atoms with van der Waals surface area (Å²) in [6, 6.07) is 7.83. The van der Waals surface area contributed by atoms with E-state index < -0.39 is 0 Å². The van der Waals surface area contributed by atoms with Gasteiger partial charge in [0.25, 0.3) is 5.91 Å². The van der Waals surface area contributed by atoms with Crippen molar-refractivity contribution in [1.82, 2.24) is 10.6 Å². The van der Waals surface area contributed by atoms with Gasteiger partial charge in [0, 0.05) is 38.9 Å². The van der Waals surface area contributed by atoms with Gasteiger partial charge in [0.1, 0.15) is 0 Å². The van der Waals surface area contributed by atoms with Crippen LogP contribution in [0.2, 0.25) is 0 Å². The Morgan fingerprint density at radius 1 is 0.959 bits per heavy atom. The largest absolute Gasteiger partial charge is 0.393 e. The number of rotatable bonds is 9. The zero-order valence-corrected chi connectivity index (χ0v) is 34.0. The molecule has 5 aliphatic rings. The van der Waals surface area contributed by atoms with Gasteiger partial charge in [-0.25, -0.2) is 0 Å². The van der Waals surface area contributed by atoms with Crippen molar-refractivity contribution >= 4 is 34.4 Å². The van der Waals surface area contributed by atoms with Crippen molar-refractivity contribution in [3.8, 4) is 0 Å². The van der Waals surface area contributed by atoms with E-state index in [-0.39, 0.29) is 59.8 Å². The third-order valence-corrected chi connectivity index (χ3v) is 17.9. The van der Waals surface area contributed by atoms with E-state index in [2.05, 4.69) is 87.4 Å². The molecule has 49 heavy (non-hydrogen) atoms. The number of unbranched alkanes of at least 4 members (excludes halogenated alkanes) is 1. The number of allylic oxidation sites excluding steroid dienone is 1. The Balaban J connectivity index is 0.00000468. The zero-order chi connectivity index (χ0) is 34.7.